The molecule has 3 aromatic rings. The first kappa shape index (κ1) is 17.4. The smallest absolute Gasteiger partial charge is 0.240 e. The van der Waals surface area contributed by atoms with E-state index in [1.165, 1.54) is 0 Å². The van der Waals surface area contributed by atoms with Crippen LogP contribution in [0.3, 0.4) is 0 Å². The van der Waals surface area contributed by atoms with Gasteiger partial charge in [0.05, 0.1) is 6.21 Å². The van der Waals surface area contributed by atoms with E-state index in [0.717, 1.165) is 16.3 Å². The molecule has 0 aliphatic carbocycles. The molecule has 0 unspecified atom stereocenters. The highest BCUT2D eigenvalue weighted by Crippen LogP contribution is 2.16. The number of benzene rings is 3. The van der Waals surface area contributed by atoms with E-state index < -0.39 is 0 Å². The van der Waals surface area contributed by atoms with Crippen LogP contribution < -0.4 is 10.7 Å². The molecule has 0 spiro atoms. The fourth-order valence-corrected chi connectivity index (χ4v) is 2.56. The second-order valence-electron chi connectivity index (χ2n) is 5.78. The summed E-state index contributed by atoms with van der Waals surface area (Å²) in [5.74, 6) is -0.505. The summed E-state index contributed by atoms with van der Waals surface area (Å²) in [5.41, 5.74) is 4.10. The molecule has 3 rings (SSSR count). The van der Waals surface area contributed by atoms with Crippen molar-refractivity contribution in [3.05, 3.63) is 78.4 Å². The quantitative estimate of drug-likeness (QED) is 0.528. The molecule has 0 aliphatic heterocycles. The van der Waals surface area contributed by atoms with E-state index in [-0.39, 0.29) is 24.7 Å². The zero-order valence-electron chi connectivity index (χ0n) is 14.2. The molecule has 0 bridgehead atoms. The normalized spacial score (nSPS) is 10.8. The number of hydrogen-bond donors (Lipinski definition) is 2. The standard InChI is InChI=1S/C21H19N3O2/c25-20(23-18-10-2-1-3-11-18)13-14-21(26)24-22-15-17-9-6-8-16-7-4-5-12-19(16)17/h1-12,15H,13-14H2,(H,23,25)(H,24,26). The Labute approximate surface area is 151 Å². The summed E-state index contributed by atoms with van der Waals surface area (Å²) in [6.45, 7) is 0. The van der Waals surface area contributed by atoms with Gasteiger partial charge in [0.2, 0.25) is 11.8 Å². The van der Waals surface area contributed by atoms with Crippen molar-refractivity contribution in [2.75, 3.05) is 5.32 Å². The maximum absolute atomic E-state index is 11.8. The fraction of sp³-hybridized carbons (Fsp3) is 0.0952. The lowest BCUT2D eigenvalue weighted by Gasteiger charge is -2.04. The lowest BCUT2D eigenvalue weighted by Crippen LogP contribution is -2.20. The highest BCUT2D eigenvalue weighted by molar-refractivity contribution is 6.00. The molecule has 0 fully saturated rings. The first-order chi connectivity index (χ1) is 12.7. The summed E-state index contributed by atoms with van der Waals surface area (Å²) in [5, 5.41) is 8.92. The molecule has 0 heterocycles. The Morgan fingerprint density at radius 3 is 2.35 bits per heavy atom. The summed E-state index contributed by atoms with van der Waals surface area (Å²) >= 11 is 0. The highest BCUT2D eigenvalue weighted by Gasteiger charge is 2.06. The van der Waals surface area contributed by atoms with Crippen LogP contribution in [0.1, 0.15) is 18.4 Å². The van der Waals surface area contributed by atoms with Crippen LogP contribution in [-0.2, 0) is 9.59 Å². The van der Waals surface area contributed by atoms with Gasteiger partial charge >= 0.3 is 0 Å². The summed E-state index contributed by atoms with van der Waals surface area (Å²) in [6, 6.07) is 23.0. The third kappa shape index (κ3) is 4.77. The predicted molar refractivity (Wildman–Crippen MR) is 104 cm³/mol. The van der Waals surface area contributed by atoms with Gasteiger partial charge in [-0.15, -0.1) is 0 Å². The molecule has 0 radical (unpaired) electrons. The molecular formula is C21H19N3O2. The molecule has 0 saturated carbocycles. The van der Waals surface area contributed by atoms with Gasteiger partial charge in [-0.1, -0.05) is 60.7 Å². The van der Waals surface area contributed by atoms with E-state index in [1.807, 2.05) is 60.7 Å². The fourth-order valence-electron chi connectivity index (χ4n) is 2.56. The average Bonchev–Trinajstić information content (AvgIpc) is 2.67. The molecule has 5 nitrogen and oxygen atoms in total. The van der Waals surface area contributed by atoms with Gasteiger partial charge in [-0.25, -0.2) is 5.43 Å². The van der Waals surface area contributed by atoms with Gasteiger partial charge in [-0.2, -0.15) is 5.10 Å². The zero-order valence-corrected chi connectivity index (χ0v) is 14.2. The van der Waals surface area contributed by atoms with Crippen molar-refractivity contribution in [3.8, 4) is 0 Å². The summed E-state index contributed by atoms with van der Waals surface area (Å²) < 4.78 is 0. The molecule has 26 heavy (non-hydrogen) atoms. The van der Waals surface area contributed by atoms with Crippen LogP contribution in [0.25, 0.3) is 10.8 Å². The van der Waals surface area contributed by atoms with Crippen molar-refractivity contribution in [1.29, 1.82) is 0 Å². The van der Waals surface area contributed by atoms with Crippen molar-refractivity contribution in [1.82, 2.24) is 5.43 Å². The minimum absolute atomic E-state index is 0.0749. The third-order valence-electron chi connectivity index (χ3n) is 3.85. The first-order valence-electron chi connectivity index (χ1n) is 8.37. The Bertz CT molecular complexity index is 931. The van der Waals surface area contributed by atoms with E-state index in [2.05, 4.69) is 15.8 Å². The number of carbonyl (C=O) groups is 2. The van der Waals surface area contributed by atoms with Crippen molar-refractivity contribution < 1.29 is 9.59 Å². The number of para-hydroxylation sites is 1. The number of carbonyl (C=O) groups excluding carboxylic acids is 2. The number of nitrogens with zero attached hydrogens (tertiary/aromatic N) is 1. The largest absolute Gasteiger partial charge is 0.326 e. The van der Waals surface area contributed by atoms with Gasteiger partial charge < -0.3 is 5.32 Å². The Morgan fingerprint density at radius 1 is 0.808 bits per heavy atom. The second-order valence-corrected chi connectivity index (χ2v) is 5.78. The molecule has 0 aromatic heterocycles. The van der Waals surface area contributed by atoms with E-state index in [0.29, 0.717) is 5.69 Å². The number of anilines is 1. The summed E-state index contributed by atoms with van der Waals surface area (Å²) in [4.78, 5) is 23.7. The second kappa shape index (κ2) is 8.58. The topological polar surface area (TPSA) is 70.6 Å². The number of rotatable bonds is 6. The monoisotopic (exact) mass is 345 g/mol. The Hall–Kier alpha value is -3.47. The highest BCUT2D eigenvalue weighted by atomic mass is 16.2. The van der Waals surface area contributed by atoms with Gasteiger partial charge in [0.25, 0.3) is 0 Å². The molecule has 2 N–H and O–H groups in total. The SMILES string of the molecule is O=C(CCC(=O)Nc1ccccc1)NN=Cc1cccc2ccccc12. The number of nitrogens with one attached hydrogen (secondary N) is 2. The van der Waals surface area contributed by atoms with Crippen LogP contribution in [0, 0.1) is 0 Å². The molecule has 3 aromatic carbocycles. The van der Waals surface area contributed by atoms with Crippen LogP contribution in [0.15, 0.2) is 77.9 Å². The van der Waals surface area contributed by atoms with E-state index >= 15 is 0 Å². The van der Waals surface area contributed by atoms with Crippen molar-refractivity contribution >= 4 is 34.5 Å². The van der Waals surface area contributed by atoms with Crippen LogP contribution in [0.2, 0.25) is 0 Å². The lowest BCUT2D eigenvalue weighted by molar-refractivity contribution is -0.124. The molecule has 0 aliphatic rings. The number of fused-ring (bicyclic) bond motifs is 1. The van der Waals surface area contributed by atoms with Crippen molar-refractivity contribution in [2.45, 2.75) is 12.8 Å². The summed E-state index contributed by atoms with van der Waals surface area (Å²) in [7, 11) is 0. The maximum atomic E-state index is 11.8. The van der Waals surface area contributed by atoms with E-state index in [4.69, 9.17) is 0 Å². The summed E-state index contributed by atoms with van der Waals surface area (Å²) in [6.07, 6.45) is 1.79. The van der Waals surface area contributed by atoms with E-state index in [1.54, 1.807) is 18.3 Å². The van der Waals surface area contributed by atoms with Crippen LogP contribution in [0.5, 0.6) is 0 Å². The van der Waals surface area contributed by atoms with Gasteiger partial charge in [0.15, 0.2) is 0 Å². The Morgan fingerprint density at radius 2 is 1.50 bits per heavy atom. The van der Waals surface area contributed by atoms with Crippen LogP contribution in [-0.4, -0.2) is 18.0 Å². The molecule has 0 saturated heterocycles. The van der Waals surface area contributed by atoms with Gasteiger partial charge in [-0.3, -0.25) is 9.59 Å². The molecule has 2 amide bonds. The van der Waals surface area contributed by atoms with Gasteiger partial charge in [-0.05, 0) is 22.9 Å². The van der Waals surface area contributed by atoms with Crippen LogP contribution in [0.4, 0.5) is 5.69 Å². The minimum Gasteiger partial charge on any atom is -0.326 e. The molecular weight excluding hydrogens is 326 g/mol. The number of amides is 2. The molecule has 0 atom stereocenters. The number of hydrogen-bond acceptors (Lipinski definition) is 3. The number of hydrazone groups is 1. The van der Waals surface area contributed by atoms with Gasteiger partial charge in [0.1, 0.15) is 0 Å². The molecule has 130 valence electrons. The van der Waals surface area contributed by atoms with Crippen molar-refractivity contribution in [2.24, 2.45) is 5.10 Å². The first-order valence-corrected chi connectivity index (χ1v) is 8.37. The minimum atomic E-state index is -0.301. The Kier molecular flexibility index (Phi) is 5.72. The van der Waals surface area contributed by atoms with Gasteiger partial charge in [0, 0.05) is 24.1 Å². The zero-order chi connectivity index (χ0) is 18.2. The van der Waals surface area contributed by atoms with Crippen LogP contribution >= 0.6 is 0 Å². The van der Waals surface area contributed by atoms with E-state index in [9.17, 15) is 9.59 Å². The third-order valence-corrected chi connectivity index (χ3v) is 3.85. The maximum Gasteiger partial charge on any atom is 0.240 e. The molecule has 5 heteroatoms. The Balaban J connectivity index is 1.49. The lowest BCUT2D eigenvalue weighted by atomic mass is 10.1. The predicted octanol–water partition coefficient (Wildman–Crippen LogP) is 3.71. The van der Waals surface area contributed by atoms with Crippen molar-refractivity contribution in [3.63, 3.8) is 0 Å². The average molecular weight is 345 g/mol.